The van der Waals surface area contributed by atoms with Crippen molar-refractivity contribution in [3.8, 4) is 0 Å². The molecule has 0 aromatic carbocycles. The molecule has 0 saturated carbocycles. The monoisotopic (exact) mass is 293 g/mol. The quantitative estimate of drug-likeness (QED) is 0.881. The Hall–Kier alpha value is -0.780. The smallest absolute Gasteiger partial charge is 0.248 e. The summed E-state index contributed by atoms with van der Waals surface area (Å²) in [6.45, 7) is 4.62. The summed E-state index contributed by atoms with van der Waals surface area (Å²) in [5.74, 6) is 2.54. The molecule has 2 aliphatic rings. The average Bonchev–Trinajstić information content (AvgIpc) is 2.48. The van der Waals surface area contributed by atoms with Crippen LogP contribution in [-0.4, -0.2) is 47.6 Å². The van der Waals surface area contributed by atoms with Crippen molar-refractivity contribution >= 4 is 11.8 Å². The van der Waals surface area contributed by atoms with Gasteiger partial charge in [-0.25, -0.2) is 0 Å². The van der Waals surface area contributed by atoms with Crippen LogP contribution in [0.3, 0.4) is 0 Å². The molecule has 0 radical (unpaired) electrons. The lowest BCUT2D eigenvalue weighted by atomic mass is 9.91. The zero-order chi connectivity index (χ0) is 13.8. The molecule has 1 saturated heterocycles. The number of nitrogens with one attached hydrogen (secondary N) is 2. The molecule has 1 fully saturated rings. The van der Waals surface area contributed by atoms with Gasteiger partial charge in [0.1, 0.15) is 0 Å². The SMILES string of the molecule is O=c1ccc2c([nH]1)CCCC2NCCN1CCSCC1. The molecule has 4 nitrogen and oxygen atoms in total. The van der Waals surface area contributed by atoms with Crippen molar-refractivity contribution < 1.29 is 0 Å². The van der Waals surface area contributed by atoms with Crippen molar-refractivity contribution in [2.24, 2.45) is 0 Å². The first-order chi connectivity index (χ1) is 9.83. The molecule has 1 aliphatic carbocycles. The van der Waals surface area contributed by atoms with Crippen molar-refractivity contribution in [2.45, 2.75) is 25.3 Å². The maximum atomic E-state index is 11.4. The Bertz CT molecular complexity index is 496. The number of H-pyrrole nitrogens is 1. The van der Waals surface area contributed by atoms with Gasteiger partial charge in [0.15, 0.2) is 0 Å². The van der Waals surface area contributed by atoms with E-state index in [1.807, 2.05) is 6.07 Å². The van der Waals surface area contributed by atoms with Gasteiger partial charge >= 0.3 is 0 Å². The van der Waals surface area contributed by atoms with E-state index >= 15 is 0 Å². The maximum Gasteiger partial charge on any atom is 0.248 e. The van der Waals surface area contributed by atoms with Crippen LogP contribution >= 0.6 is 11.8 Å². The number of hydrogen-bond acceptors (Lipinski definition) is 4. The van der Waals surface area contributed by atoms with Crippen molar-refractivity contribution in [2.75, 3.05) is 37.7 Å². The topological polar surface area (TPSA) is 48.1 Å². The molecule has 1 aromatic heterocycles. The second kappa shape index (κ2) is 6.78. The predicted octanol–water partition coefficient (Wildman–Crippen LogP) is 1.39. The summed E-state index contributed by atoms with van der Waals surface area (Å²) < 4.78 is 0. The van der Waals surface area contributed by atoms with E-state index in [-0.39, 0.29) is 5.56 Å². The number of aromatic amines is 1. The zero-order valence-corrected chi connectivity index (χ0v) is 12.7. The van der Waals surface area contributed by atoms with E-state index in [1.54, 1.807) is 6.07 Å². The second-order valence-electron chi connectivity index (χ2n) is 5.61. The molecule has 2 heterocycles. The standard InChI is InChI=1S/C15H23N3OS/c19-15-5-4-12-13(2-1-3-14(12)17-15)16-6-7-18-8-10-20-11-9-18/h4-5,13,16H,1-3,6-11H2,(H,17,19). The number of thioether (sulfide) groups is 1. The highest BCUT2D eigenvalue weighted by molar-refractivity contribution is 7.99. The molecular weight excluding hydrogens is 270 g/mol. The molecule has 1 aromatic rings. The Morgan fingerprint density at radius 3 is 3.05 bits per heavy atom. The fourth-order valence-corrected chi connectivity index (χ4v) is 4.11. The normalized spacial score (nSPS) is 23.5. The molecule has 1 atom stereocenters. The van der Waals surface area contributed by atoms with Crippen LogP contribution in [0, 0.1) is 0 Å². The van der Waals surface area contributed by atoms with Crippen LogP contribution in [0.4, 0.5) is 0 Å². The number of fused-ring (bicyclic) bond motifs is 1. The Kier molecular flexibility index (Phi) is 4.81. The van der Waals surface area contributed by atoms with Crippen LogP contribution < -0.4 is 10.9 Å². The molecular formula is C15H23N3OS. The molecule has 1 aliphatic heterocycles. The van der Waals surface area contributed by atoms with Crippen molar-refractivity contribution in [3.63, 3.8) is 0 Å². The number of pyridine rings is 1. The minimum Gasteiger partial charge on any atom is -0.326 e. The van der Waals surface area contributed by atoms with E-state index in [4.69, 9.17) is 0 Å². The lowest BCUT2D eigenvalue weighted by molar-refractivity contribution is 0.291. The maximum absolute atomic E-state index is 11.4. The fraction of sp³-hybridized carbons (Fsp3) is 0.667. The Morgan fingerprint density at radius 2 is 2.20 bits per heavy atom. The second-order valence-corrected chi connectivity index (χ2v) is 6.83. The Labute approximate surface area is 124 Å². The summed E-state index contributed by atoms with van der Waals surface area (Å²) in [5, 5.41) is 3.67. The largest absolute Gasteiger partial charge is 0.326 e. The zero-order valence-electron chi connectivity index (χ0n) is 11.9. The average molecular weight is 293 g/mol. The van der Waals surface area contributed by atoms with E-state index < -0.39 is 0 Å². The number of aryl methyl sites for hydroxylation is 1. The molecule has 20 heavy (non-hydrogen) atoms. The molecule has 3 rings (SSSR count). The lowest BCUT2D eigenvalue weighted by Crippen LogP contribution is -2.39. The molecule has 0 amide bonds. The fourth-order valence-electron chi connectivity index (χ4n) is 3.13. The number of aromatic nitrogens is 1. The summed E-state index contributed by atoms with van der Waals surface area (Å²) in [4.78, 5) is 16.9. The van der Waals surface area contributed by atoms with Crippen LogP contribution in [0.1, 0.15) is 30.1 Å². The van der Waals surface area contributed by atoms with Crippen LogP contribution in [0.2, 0.25) is 0 Å². The van der Waals surface area contributed by atoms with E-state index in [2.05, 4.69) is 27.0 Å². The van der Waals surface area contributed by atoms with Crippen molar-refractivity contribution in [3.05, 3.63) is 33.7 Å². The molecule has 110 valence electrons. The van der Waals surface area contributed by atoms with Crippen LogP contribution in [0.25, 0.3) is 0 Å². The van der Waals surface area contributed by atoms with Gasteiger partial charge in [-0.3, -0.25) is 4.79 Å². The first-order valence-corrected chi connectivity index (χ1v) is 8.74. The van der Waals surface area contributed by atoms with Crippen LogP contribution in [0.15, 0.2) is 16.9 Å². The van der Waals surface area contributed by atoms with E-state index in [1.165, 1.54) is 36.6 Å². The van der Waals surface area contributed by atoms with Gasteiger partial charge in [0.25, 0.3) is 0 Å². The molecule has 5 heteroatoms. The van der Waals surface area contributed by atoms with Gasteiger partial charge in [-0.2, -0.15) is 11.8 Å². The summed E-state index contributed by atoms with van der Waals surface area (Å²) in [7, 11) is 0. The summed E-state index contributed by atoms with van der Waals surface area (Å²) in [6, 6.07) is 4.07. The van der Waals surface area contributed by atoms with E-state index in [0.717, 1.165) is 31.6 Å². The third-order valence-electron chi connectivity index (χ3n) is 4.25. The highest BCUT2D eigenvalue weighted by atomic mass is 32.2. The Morgan fingerprint density at radius 1 is 1.35 bits per heavy atom. The van der Waals surface area contributed by atoms with Gasteiger partial charge in [-0.05, 0) is 24.8 Å². The van der Waals surface area contributed by atoms with E-state index in [0.29, 0.717) is 6.04 Å². The lowest BCUT2D eigenvalue weighted by Gasteiger charge is -2.29. The summed E-state index contributed by atoms with van der Waals surface area (Å²) in [5.41, 5.74) is 2.45. The first kappa shape index (κ1) is 14.2. The van der Waals surface area contributed by atoms with Gasteiger partial charge in [-0.15, -0.1) is 0 Å². The first-order valence-electron chi connectivity index (χ1n) is 7.58. The highest BCUT2D eigenvalue weighted by Crippen LogP contribution is 2.27. The number of hydrogen-bond donors (Lipinski definition) is 2. The Balaban J connectivity index is 1.55. The third kappa shape index (κ3) is 3.45. The van der Waals surface area contributed by atoms with Crippen molar-refractivity contribution in [1.82, 2.24) is 15.2 Å². The number of nitrogens with zero attached hydrogens (tertiary/aromatic N) is 1. The third-order valence-corrected chi connectivity index (χ3v) is 5.20. The molecule has 2 N–H and O–H groups in total. The van der Waals surface area contributed by atoms with Gasteiger partial charge in [-0.1, -0.05) is 6.07 Å². The summed E-state index contributed by atoms with van der Waals surface area (Å²) >= 11 is 2.06. The minimum absolute atomic E-state index is 0.0233. The predicted molar refractivity (Wildman–Crippen MR) is 84.5 cm³/mol. The van der Waals surface area contributed by atoms with E-state index in [9.17, 15) is 4.79 Å². The van der Waals surface area contributed by atoms with Gasteiger partial charge in [0, 0.05) is 55.5 Å². The van der Waals surface area contributed by atoms with Gasteiger partial charge in [0.05, 0.1) is 0 Å². The van der Waals surface area contributed by atoms with Crippen molar-refractivity contribution in [1.29, 1.82) is 0 Å². The molecule has 1 unspecified atom stereocenters. The van der Waals surface area contributed by atoms with Gasteiger partial charge in [0.2, 0.25) is 5.56 Å². The molecule has 0 spiro atoms. The number of rotatable bonds is 4. The van der Waals surface area contributed by atoms with Crippen LogP contribution in [-0.2, 0) is 6.42 Å². The summed E-state index contributed by atoms with van der Waals surface area (Å²) in [6.07, 6.45) is 3.34. The highest BCUT2D eigenvalue weighted by Gasteiger charge is 2.20. The molecule has 0 bridgehead atoms. The van der Waals surface area contributed by atoms with Gasteiger partial charge < -0.3 is 15.2 Å². The minimum atomic E-state index is 0.0233. The van der Waals surface area contributed by atoms with Crippen LogP contribution in [0.5, 0.6) is 0 Å².